The minimum atomic E-state index is -0.246. The molecule has 2 rings (SSSR count). The van der Waals surface area contributed by atoms with E-state index in [-0.39, 0.29) is 5.82 Å². The molecule has 0 aliphatic heterocycles. The van der Waals surface area contributed by atoms with Crippen molar-refractivity contribution in [1.29, 1.82) is 0 Å². The molecule has 0 bridgehead atoms. The first kappa shape index (κ1) is 12.1. The molecule has 1 aromatic carbocycles. The quantitative estimate of drug-likeness (QED) is 0.898. The Kier molecular flexibility index (Phi) is 3.75. The SMILES string of the molecule is Cn1ncnc1Sc1c(F)cccc1CCN. The van der Waals surface area contributed by atoms with Crippen molar-refractivity contribution in [2.75, 3.05) is 6.54 Å². The highest BCUT2D eigenvalue weighted by atomic mass is 32.2. The predicted molar refractivity (Wildman–Crippen MR) is 64.3 cm³/mol. The molecule has 2 aromatic rings. The van der Waals surface area contributed by atoms with E-state index in [0.717, 1.165) is 5.56 Å². The van der Waals surface area contributed by atoms with Gasteiger partial charge in [0.05, 0.1) is 4.90 Å². The normalized spacial score (nSPS) is 10.8. The molecule has 0 amide bonds. The van der Waals surface area contributed by atoms with Crippen molar-refractivity contribution in [2.45, 2.75) is 16.5 Å². The van der Waals surface area contributed by atoms with Gasteiger partial charge in [0, 0.05) is 7.05 Å². The summed E-state index contributed by atoms with van der Waals surface area (Å²) in [6.45, 7) is 0.496. The van der Waals surface area contributed by atoms with Gasteiger partial charge in [-0.05, 0) is 36.4 Å². The molecule has 1 heterocycles. The number of nitrogens with two attached hydrogens (primary N) is 1. The van der Waals surface area contributed by atoms with Crippen LogP contribution in [0.4, 0.5) is 4.39 Å². The Morgan fingerprint density at radius 2 is 2.29 bits per heavy atom. The summed E-state index contributed by atoms with van der Waals surface area (Å²) in [5, 5.41) is 4.62. The number of aryl methyl sites for hydroxylation is 1. The van der Waals surface area contributed by atoms with Crippen molar-refractivity contribution in [1.82, 2.24) is 14.8 Å². The van der Waals surface area contributed by atoms with Gasteiger partial charge in [-0.1, -0.05) is 12.1 Å². The van der Waals surface area contributed by atoms with E-state index in [2.05, 4.69) is 10.1 Å². The van der Waals surface area contributed by atoms with Crippen molar-refractivity contribution >= 4 is 11.8 Å². The van der Waals surface area contributed by atoms with E-state index in [9.17, 15) is 4.39 Å². The van der Waals surface area contributed by atoms with Crippen LogP contribution in [0.3, 0.4) is 0 Å². The van der Waals surface area contributed by atoms with Gasteiger partial charge in [0.1, 0.15) is 12.1 Å². The molecular weight excluding hydrogens is 239 g/mol. The summed E-state index contributed by atoms with van der Waals surface area (Å²) in [5.41, 5.74) is 6.42. The minimum Gasteiger partial charge on any atom is -0.330 e. The predicted octanol–water partition coefficient (Wildman–Crippen LogP) is 1.61. The zero-order valence-electron chi connectivity index (χ0n) is 9.43. The summed E-state index contributed by atoms with van der Waals surface area (Å²) in [6, 6.07) is 5.02. The van der Waals surface area contributed by atoms with Crippen LogP contribution in [0.1, 0.15) is 5.56 Å². The lowest BCUT2D eigenvalue weighted by Gasteiger charge is -2.08. The van der Waals surface area contributed by atoms with Crippen molar-refractivity contribution in [3.8, 4) is 0 Å². The van der Waals surface area contributed by atoms with Gasteiger partial charge in [-0.2, -0.15) is 5.10 Å². The lowest BCUT2D eigenvalue weighted by molar-refractivity contribution is 0.595. The Hall–Kier alpha value is -1.40. The third-order valence-corrected chi connectivity index (χ3v) is 3.54. The number of nitrogens with zero attached hydrogens (tertiary/aromatic N) is 3. The van der Waals surface area contributed by atoms with E-state index in [1.54, 1.807) is 17.8 Å². The van der Waals surface area contributed by atoms with Crippen LogP contribution in [-0.4, -0.2) is 21.3 Å². The molecule has 6 heteroatoms. The third-order valence-electron chi connectivity index (χ3n) is 2.33. The maximum Gasteiger partial charge on any atom is 0.190 e. The summed E-state index contributed by atoms with van der Waals surface area (Å²) >= 11 is 1.27. The first-order valence-corrected chi connectivity index (χ1v) is 6.03. The molecule has 0 aliphatic rings. The van der Waals surface area contributed by atoms with E-state index >= 15 is 0 Å². The largest absolute Gasteiger partial charge is 0.330 e. The van der Waals surface area contributed by atoms with Crippen LogP contribution in [0.2, 0.25) is 0 Å². The average Bonchev–Trinajstić information content (AvgIpc) is 2.70. The summed E-state index contributed by atoms with van der Waals surface area (Å²) in [6.07, 6.45) is 2.10. The molecular formula is C11H13FN4S. The third kappa shape index (κ3) is 2.65. The fourth-order valence-electron chi connectivity index (χ4n) is 1.49. The van der Waals surface area contributed by atoms with Crippen molar-refractivity contribution < 1.29 is 4.39 Å². The molecule has 0 radical (unpaired) electrons. The Morgan fingerprint density at radius 1 is 1.47 bits per heavy atom. The van der Waals surface area contributed by atoms with Crippen molar-refractivity contribution in [2.24, 2.45) is 12.8 Å². The summed E-state index contributed by atoms with van der Waals surface area (Å²) < 4.78 is 15.4. The topological polar surface area (TPSA) is 56.7 Å². The highest BCUT2D eigenvalue weighted by Gasteiger charge is 2.12. The second-order valence-electron chi connectivity index (χ2n) is 3.54. The molecule has 1 aromatic heterocycles. The molecule has 0 atom stereocenters. The number of rotatable bonds is 4. The van der Waals surface area contributed by atoms with E-state index < -0.39 is 0 Å². The van der Waals surface area contributed by atoms with Crippen LogP contribution in [0.15, 0.2) is 34.6 Å². The molecule has 0 saturated heterocycles. The maximum atomic E-state index is 13.8. The lowest BCUT2D eigenvalue weighted by Crippen LogP contribution is -2.05. The number of hydrogen-bond acceptors (Lipinski definition) is 4. The molecule has 0 spiro atoms. The van der Waals surface area contributed by atoms with Crippen LogP contribution in [0, 0.1) is 5.82 Å². The van der Waals surface area contributed by atoms with Crippen LogP contribution in [-0.2, 0) is 13.5 Å². The van der Waals surface area contributed by atoms with Crippen molar-refractivity contribution in [3.05, 3.63) is 35.9 Å². The van der Waals surface area contributed by atoms with Gasteiger partial charge in [0.25, 0.3) is 0 Å². The number of benzene rings is 1. The first-order valence-electron chi connectivity index (χ1n) is 5.21. The summed E-state index contributed by atoms with van der Waals surface area (Å²) in [5.74, 6) is -0.246. The van der Waals surface area contributed by atoms with Crippen LogP contribution in [0.5, 0.6) is 0 Å². The Morgan fingerprint density at radius 3 is 2.94 bits per heavy atom. The Labute approximate surface area is 103 Å². The highest BCUT2D eigenvalue weighted by molar-refractivity contribution is 7.99. The Balaban J connectivity index is 2.34. The lowest BCUT2D eigenvalue weighted by atomic mass is 10.1. The van der Waals surface area contributed by atoms with Gasteiger partial charge in [-0.25, -0.2) is 14.1 Å². The van der Waals surface area contributed by atoms with E-state index in [0.29, 0.717) is 23.0 Å². The van der Waals surface area contributed by atoms with E-state index in [1.807, 2.05) is 6.07 Å². The van der Waals surface area contributed by atoms with Crippen molar-refractivity contribution in [3.63, 3.8) is 0 Å². The molecule has 17 heavy (non-hydrogen) atoms. The number of halogens is 1. The van der Waals surface area contributed by atoms with Gasteiger partial charge in [0.15, 0.2) is 5.16 Å². The molecule has 0 saturated carbocycles. The standard InChI is InChI=1S/C11H13FN4S/c1-16-11(14-7-15-16)17-10-8(5-6-13)3-2-4-9(10)12/h2-4,7H,5-6,13H2,1H3. The summed E-state index contributed by atoms with van der Waals surface area (Å²) in [7, 11) is 1.78. The zero-order valence-corrected chi connectivity index (χ0v) is 10.2. The molecule has 0 unspecified atom stereocenters. The maximum absolute atomic E-state index is 13.8. The second-order valence-corrected chi connectivity index (χ2v) is 4.51. The van der Waals surface area contributed by atoms with Gasteiger partial charge < -0.3 is 5.73 Å². The summed E-state index contributed by atoms with van der Waals surface area (Å²) in [4.78, 5) is 4.65. The fourth-order valence-corrected chi connectivity index (χ4v) is 2.42. The van der Waals surface area contributed by atoms with E-state index in [1.165, 1.54) is 24.2 Å². The zero-order chi connectivity index (χ0) is 12.3. The molecule has 4 nitrogen and oxygen atoms in total. The van der Waals surface area contributed by atoms with Gasteiger partial charge >= 0.3 is 0 Å². The minimum absolute atomic E-state index is 0.246. The van der Waals surface area contributed by atoms with Gasteiger partial charge in [-0.3, -0.25) is 0 Å². The molecule has 0 fully saturated rings. The van der Waals surface area contributed by atoms with E-state index in [4.69, 9.17) is 5.73 Å². The smallest absolute Gasteiger partial charge is 0.190 e. The van der Waals surface area contributed by atoms with Crippen LogP contribution < -0.4 is 5.73 Å². The molecule has 0 aliphatic carbocycles. The number of hydrogen-bond donors (Lipinski definition) is 1. The fraction of sp³-hybridized carbons (Fsp3) is 0.273. The molecule has 90 valence electrons. The second kappa shape index (κ2) is 5.29. The first-order chi connectivity index (χ1) is 8.22. The monoisotopic (exact) mass is 252 g/mol. The Bertz CT molecular complexity index is 512. The van der Waals surface area contributed by atoms with Crippen LogP contribution >= 0.6 is 11.8 Å². The van der Waals surface area contributed by atoms with Gasteiger partial charge in [-0.15, -0.1) is 0 Å². The number of aromatic nitrogens is 3. The molecule has 2 N–H and O–H groups in total. The van der Waals surface area contributed by atoms with Gasteiger partial charge in [0.2, 0.25) is 0 Å². The van der Waals surface area contributed by atoms with Crippen LogP contribution in [0.25, 0.3) is 0 Å². The highest BCUT2D eigenvalue weighted by Crippen LogP contribution is 2.31. The average molecular weight is 252 g/mol.